The van der Waals surface area contributed by atoms with E-state index in [0.717, 1.165) is 11.3 Å². The van der Waals surface area contributed by atoms with Crippen LogP contribution in [0.5, 0.6) is 17.2 Å². The maximum Gasteiger partial charge on any atom is 0.336 e. The molecule has 0 aliphatic rings. The third kappa shape index (κ3) is 5.18. The zero-order valence-corrected chi connectivity index (χ0v) is 13.3. The lowest BCUT2D eigenvalue weighted by Crippen LogP contribution is -2.05. The summed E-state index contributed by atoms with van der Waals surface area (Å²) in [4.78, 5) is 11.9. The Kier molecular flexibility index (Phi) is 6.24. The number of para-hydroxylation sites is 2. The third-order valence-corrected chi connectivity index (χ3v) is 2.96. The van der Waals surface area contributed by atoms with Gasteiger partial charge in [-0.25, -0.2) is 4.79 Å². The number of ether oxygens (including phenoxy) is 3. The lowest BCUT2D eigenvalue weighted by molar-refractivity contribution is -0.129. The lowest BCUT2D eigenvalue weighted by Gasteiger charge is -2.08. The molecule has 0 saturated carbocycles. The molecule has 0 radical (unpaired) electrons. The Morgan fingerprint density at radius 1 is 0.913 bits per heavy atom. The van der Waals surface area contributed by atoms with Gasteiger partial charge in [0.1, 0.15) is 5.75 Å². The Morgan fingerprint density at radius 3 is 2.22 bits per heavy atom. The highest BCUT2D eigenvalue weighted by Gasteiger charge is 2.07. The van der Waals surface area contributed by atoms with Crippen LogP contribution in [0.4, 0.5) is 0 Å². The molecule has 0 aliphatic heterocycles. The second-order valence-electron chi connectivity index (χ2n) is 4.64. The molecule has 2 rings (SSSR count). The van der Waals surface area contributed by atoms with Crippen molar-refractivity contribution in [2.75, 3.05) is 13.2 Å². The predicted molar refractivity (Wildman–Crippen MR) is 89.9 cm³/mol. The summed E-state index contributed by atoms with van der Waals surface area (Å²) >= 11 is 0. The molecule has 120 valence electrons. The lowest BCUT2D eigenvalue weighted by atomic mass is 10.2. The molecule has 0 amide bonds. The Labute approximate surface area is 136 Å². The van der Waals surface area contributed by atoms with E-state index in [1.54, 1.807) is 24.3 Å². The van der Waals surface area contributed by atoms with Crippen molar-refractivity contribution in [3.8, 4) is 17.2 Å². The summed E-state index contributed by atoms with van der Waals surface area (Å²) in [5.74, 6) is 1.32. The van der Waals surface area contributed by atoms with Crippen molar-refractivity contribution in [1.29, 1.82) is 0 Å². The van der Waals surface area contributed by atoms with Gasteiger partial charge in [0.25, 0.3) is 0 Å². The smallest absolute Gasteiger partial charge is 0.336 e. The van der Waals surface area contributed by atoms with Crippen LogP contribution in [0.2, 0.25) is 0 Å². The SMILES string of the molecule is CCOc1ccc(C=CC(=O)Oc2ccccc2OCC)cc1. The predicted octanol–water partition coefficient (Wildman–Crippen LogP) is 4.10. The van der Waals surface area contributed by atoms with Crippen LogP contribution >= 0.6 is 0 Å². The molecule has 0 aromatic heterocycles. The first-order chi connectivity index (χ1) is 11.2. The molecule has 0 spiro atoms. The molecule has 0 N–H and O–H groups in total. The van der Waals surface area contributed by atoms with Crippen LogP contribution in [0.1, 0.15) is 19.4 Å². The highest BCUT2D eigenvalue weighted by Crippen LogP contribution is 2.26. The third-order valence-electron chi connectivity index (χ3n) is 2.96. The summed E-state index contributed by atoms with van der Waals surface area (Å²) in [5, 5.41) is 0. The van der Waals surface area contributed by atoms with Gasteiger partial charge in [-0.05, 0) is 49.8 Å². The molecule has 0 atom stereocenters. The molecular weight excluding hydrogens is 292 g/mol. The van der Waals surface area contributed by atoms with Crippen LogP contribution in [0.15, 0.2) is 54.6 Å². The van der Waals surface area contributed by atoms with Crippen LogP contribution in [-0.4, -0.2) is 19.2 Å². The van der Waals surface area contributed by atoms with Crippen LogP contribution in [-0.2, 0) is 4.79 Å². The fourth-order valence-electron chi connectivity index (χ4n) is 1.96. The van der Waals surface area contributed by atoms with Crippen molar-refractivity contribution < 1.29 is 19.0 Å². The van der Waals surface area contributed by atoms with E-state index in [2.05, 4.69) is 0 Å². The van der Waals surface area contributed by atoms with Gasteiger partial charge in [0.15, 0.2) is 11.5 Å². The van der Waals surface area contributed by atoms with Crippen molar-refractivity contribution in [3.05, 3.63) is 60.2 Å². The maximum atomic E-state index is 11.9. The van der Waals surface area contributed by atoms with E-state index in [4.69, 9.17) is 14.2 Å². The number of carbonyl (C=O) groups excluding carboxylic acids is 1. The van der Waals surface area contributed by atoms with Gasteiger partial charge in [0.05, 0.1) is 13.2 Å². The van der Waals surface area contributed by atoms with Gasteiger partial charge in [0.2, 0.25) is 0 Å². The monoisotopic (exact) mass is 312 g/mol. The minimum absolute atomic E-state index is 0.413. The van der Waals surface area contributed by atoms with E-state index in [1.165, 1.54) is 6.08 Å². The van der Waals surface area contributed by atoms with Gasteiger partial charge in [-0.15, -0.1) is 0 Å². The summed E-state index contributed by atoms with van der Waals surface area (Å²) < 4.78 is 16.1. The summed E-state index contributed by atoms with van der Waals surface area (Å²) in [6.07, 6.45) is 3.08. The molecule has 0 bridgehead atoms. The molecule has 0 aliphatic carbocycles. The second kappa shape index (κ2) is 8.63. The quantitative estimate of drug-likeness (QED) is 0.438. The molecule has 2 aromatic carbocycles. The first-order valence-corrected chi connectivity index (χ1v) is 7.57. The number of carbonyl (C=O) groups is 1. The number of hydrogen-bond donors (Lipinski definition) is 0. The fourth-order valence-corrected chi connectivity index (χ4v) is 1.96. The Hall–Kier alpha value is -2.75. The van der Waals surface area contributed by atoms with E-state index < -0.39 is 5.97 Å². The molecular formula is C19H20O4. The zero-order chi connectivity index (χ0) is 16.5. The molecule has 0 saturated heterocycles. The topological polar surface area (TPSA) is 44.8 Å². The van der Waals surface area contributed by atoms with Gasteiger partial charge < -0.3 is 14.2 Å². The maximum absolute atomic E-state index is 11.9. The van der Waals surface area contributed by atoms with Crippen LogP contribution in [0, 0.1) is 0 Å². The average Bonchev–Trinajstić information content (AvgIpc) is 2.57. The van der Waals surface area contributed by atoms with E-state index in [0.29, 0.717) is 24.7 Å². The first-order valence-electron chi connectivity index (χ1n) is 7.57. The van der Waals surface area contributed by atoms with Gasteiger partial charge >= 0.3 is 5.97 Å². The van der Waals surface area contributed by atoms with E-state index in [-0.39, 0.29) is 0 Å². The number of esters is 1. The van der Waals surface area contributed by atoms with Crippen molar-refractivity contribution in [3.63, 3.8) is 0 Å². The normalized spacial score (nSPS) is 10.5. The minimum Gasteiger partial charge on any atom is -0.494 e. The van der Waals surface area contributed by atoms with Gasteiger partial charge in [-0.1, -0.05) is 24.3 Å². The summed E-state index contributed by atoms with van der Waals surface area (Å²) in [7, 11) is 0. The molecule has 4 heteroatoms. The average molecular weight is 312 g/mol. The van der Waals surface area contributed by atoms with Crippen molar-refractivity contribution in [2.24, 2.45) is 0 Å². The molecule has 0 fully saturated rings. The molecule has 0 heterocycles. The largest absolute Gasteiger partial charge is 0.494 e. The molecule has 0 unspecified atom stereocenters. The highest BCUT2D eigenvalue weighted by molar-refractivity contribution is 5.89. The highest BCUT2D eigenvalue weighted by atomic mass is 16.6. The molecule has 4 nitrogen and oxygen atoms in total. The number of benzene rings is 2. The molecule has 23 heavy (non-hydrogen) atoms. The van der Waals surface area contributed by atoms with Gasteiger partial charge in [-0.2, -0.15) is 0 Å². The summed E-state index contributed by atoms with van der Waals surface area (Å²) in [6.45, 7) is 4.95. The minimum atomic E-state index is -0.453. The fraction of sp³-hybridized carbons (Fsp3) is 0.211. The molecule has 2 aromatic rings. The second-order valence-corrected chi connectivity index (χ2v) is 4.64. The van der Waals surface area contributed by atoms with Crippen LogP contribution < -0.4 is 14.2 Å². The van der Waals surface area contributed by atoms with Crippen molar-refractivity contribution in [2.45, 2.75) is 13.8 Å². The first kappa shape index (κ1) is 16.6. The van der Waals surface area contributed by atoms with Crippen molar-refractivity contribution in [1.82, 2.24) is 0 Å². The number of hydrogen-bond acceptors (Lipinski definition) is 4. The Bertz CT molecular complexity index is 659. The Morgan fingerprint density at radius 2 is 1.57 bits per heavy atom. The number of rotatable bonds is 7. The van der Waals surface area contributed by atoms with Gasteiger partial charge in [0, 0.05) is 6.08 Å². The van der Waals surface area contributed by atoms with Gasteiger partial charge in [-0.3, -0.25) is 0 Å². The zero-order valence-electron chi connectivity index (χ0n) is 13.3. The Balaban J connectivity index is 1.99. The van der Waals surface area contributed by atoms with Crippen LogP contribution in [0.3, 0.4) is 0 Å². The standard InChI is InChI=1S/C19H20O4/c1-3-21-16-12-9-15(10-13-16)11-14-19(20)23-18-8-6-5-7-17(18)22-4-2/h5-14H,3-4H2,1-2H3. The van der Waals surface area contributed by atoms with Crippen LogP contribution in [0.25, 0.3) is 6.08 Å². The van der Waals surface area contributed by atoms with E-state index in [1.807, 2.05) is 44.2 Å². The van der Waals surface area contributed by atoms with E-state index in [9.17, 15) is 4.79 Å². The van der Waals surface area contributed by atoms with Crippen molar-refractivity contribution >= 4 is 12.0 Å². The summed E-state index contributed by atoms with van der Waals surface area (Å²) in [5.41, 5.74) is 0.892. The van der Waals surface area contributed by atoms with E-state index >= 15 is 0 Å². The summed E-state index contributed by atoms with van der Waals surface area (Å²) in [6, 6.07) is 14.6.